The fourth-order valence-corrected chi connectivity index (χ4v) is 2.59. The zero-order valence-electron chi connectivity index (χ0n) is 12.3. The number of hydrogen-bond donors (Lipinski definition) is 2. The number of nitrogens with one attached hydrogen (secondary N) is 1. The topological polar surface area (TPSA) is 83.5 Å². The Labute approximate surface area is 127 Å². The normalized spacial score (nSPS) is 13.4. The molecule has 0 aliphatic carbocycles. The van der Waals surface area contributed by atoms with E-state index in [0.29, 0.717) is 17.7 Å². The molecular formula is C15H21NO4S. The average molecular weight is 311 g/mol. The molecule has 0 fully saturated rings. The van der Waals surface area contributed by atoms with Gasteiger partial charge in [-0.25, -0.2) is 4.79 Å². The van der Waals surface area contributed by atoms with Crippen LogP contribution in [0.25, 0.3) is 0 Å². The van der Waals surface area contributed by atoms with Crippen molar-refractivity contribution in [1.82, 2.24) is 5.32 Å². The second-order valence-corrected chi connectivity index (χ2v) is 6.36. The molecule has 1 amide bonds. The second-order valence-electron chi connectivity index (χ2n) is 4.92. The largest absolute Gasteiger partial charge is 0.480 e. The number of carbonyl (C=O) groups excluding carboxylic acids is 1. The highest BCUT2D eigenvalue weighted by Crippen LogP contribution is 2.09. The van der Waals surface area contributed by atoms with Gasteiger partial charge in [0.05, 0.1) is 0 Å². The first kappa shape index (κ1) is 17.4. The van der Waals surface area contributed by atoms with Crippen molar-refractivity contribution in [3.05, 3.63) is 35.4 Å². The molecule has 0 aliphatic rings. The molecular weight excluding hydrogens is 290 g/mol. The van der Waals surface area contributed by atoms with Crippen molar-refractivity contribution in [2.75, 3.05) is 6.26 Å². The molecule has 0 radical (unpaired) electrons. The first-order valence-electron chi connectivity index (χ1n) is 6.86. The highest BCUT2D eigenvalue weighted by molar-refractivity contribution is 7.83. The van der Waals surface area contributed by atoms with Crippen molar-refractivity contribution < 1.29 is 18.9 Å². The monoisotopic (exact) mass is 311 g/mol. The van der Waals surface area contributed by atoms with E-state index >= 15 is 0 Å². The quantitative estimate of drug-likeness (QED) is 0.768. The van der Waals surface area contributed by atoms with E-state index < -0.39 is 28.7 Å². The van der Waals surface area contributed by atoms with Crippen LogP contribution >= 0.6 is 0 Å². The second kappa shape index (κ2) is 8.56. The van der Waals surface area contributed by atoms with Crippen LogP contribution in [-0.2, 0) is 21.3 Å². The Morgan fingerprint density at radius 2 is 2.10 bits per heavy atom. The molecule has 0 spiro atoms. The van der Waals surface area contributed by atoms with Crippen LogP contribution in [0.2, 0.25) is 0 Å². The Kier molecular flexibility index (Phi) is 7.08. The zero-order chi connectivity index (χ0) is 15.8. The lowest BCUT2D eigenvalue weighted by atomic mass is 10.1. The van der Waals surface area contributed by atoms with Gasteiger partial charge < -0.3 is 10.4 Å². The van der Waals surface area contributed by atoms with Crippen LogP contribution in [0.1, 0.15) is 42.1 Å². The summed E-state index contributed by atoms with van der Waals surface area (Å²) in [6.07, 6.45) is 3.62. The first-order valence-corrected chi connectivity index (χ1v) is 8.59. The smallest absolute Gasteiger partial charge is 0.326 e. The summed E-state index contributed by atoms with van der Waals surface area (Å²) < 4.78 is 11.2. The molecule has 0 aliphatic heterocycles. The third-order valence-corrected chi connectivity index (χ3v) is 3.75. The molecule has 0 saturated heterocycles. The summed E-state index contributed by atoms with van der Waals surface area (Å²) in [4.78, 5) is 23.2. The van der Waals surface area contributed by atoms with Gasteiger partial charge in [-0.2, -0.15) is 0 Å². The van der Waals surface area contributed by atoms with Crippen LogP contribution in [0.4, 0.5) is 0 Å². The van der Waals surface area contributed by atoms with Crippen LogP contribution in [0.15, 0.2) is 24.3 Å². The van der Waals surface area contributed by atoms with Gasteiger partial charge in [0.25, 0.3) is 5.91 Å². The summed E-state index contributed by atoms with van der Waals surface area (Å²) in [5.41, 5.74) is 1.18. The van der Waals surface area contributed by atoms with Gasteiger partial charge in [-0.05, 0) is 24.1 Å². The summed E-state index contributed by atoms with van der Waals surface area (Å²) >= 11 is 0. The van der Waals surface area contributed by atoms with Gasteiger partial charge >= 0.3 is 5.97 Å². The van der Waals surface area contributed by atoms with Crippen molar-refractivity contribution in [1.29, 1.82) is 0 Å². The molecule has 0 saturated carbocycles. The Hall–Kier alpha value is -1.69. The van der Waals surface area contributed by atoms with Gasteiger partial charge in [0, 0.05) is 28.4 Å². The van der Waals surface area contributed by atoms with Crippen LogP contribution in [0, 0.1) is 0 Å². The van der Waals surface area contributed by atoms with Crippen LogP contribution < -0.4 is 5.32 Å². The molecule has 5 nitrogen and oxygen atoms in total. The summed E-state index contributed by atoms with van der Waals surface area (Å²) in [7, 11) is -0.986. The van der Waals surface area contributed by atoms with Crippen molar-refractivity contribution in [3.8, 4) is 0 Å². The highest BCUT2D eigenvalue weighted by atomic mass is 32.2. The lowest BCUT2D eigenvalue weighted by Gasteiger charge is -2.14. The Morgan fingerprint density at radius 1 is 1.38 bits per heavy atom. The van der Waals surface area contributed by atoms with E-state index in [1.54, 1.807) is 30.5 Å². The summed E-state index contributed by atoms with van der Waals surface area (Å²) in [5, 5.41) is 11.6. The fourth-order valence-electron chi connectivity index (χ4n) is 1.94. The predicted octanol–water partition coefficient (Wildman–Crippen LogP) is 1.94. The van der Waals surface area contributed by atoms with Gasteiger partial charge in [0.1, 0.15) is 6.04 Å². The molecule has 1 aromatic rings. The number of benzene rings is 1. The van der Waals surface area contributed by atoms with Gasteiger partial charge in [0.15, 0.2) is 0 Å². The average Bonchev–Trinajstić information content (AvgIpc) is 2.42. The summed E-state index contributed by atoms with van der Waals surface area (Å²) in [6.45, 7) is 1.97. The Bertz CT molecular complexity index is 530. The van der Waals surface area contributed by atoms with E-state index in [4.69, 9.17) is 5.11 Å². The molecule has 2 N–H and O–H groups in total. The van der Waals surface area contributed by atoms with Gasteiger partial charge in [0.2, 0.25) is 0 Å². The van der Waals surface area contributed by atoms with E-state index in [0.717, 1.165) is 18.4 Å². The van der Waals surface area contributed by atoms with Gasteiger partial charge in [-0.3, -0.25) is 9.00 Å². The third-order valence-electron chi connectivity index (χ3n) is 3.01. The fraction of sp³-hybridized carbons (Fsp3) is 0.467. The van der Waals surface area contributed by atoms with E-state index in [9.17, 15) is 13.8 Å². The standard InChI is InChI=1S/C15H21NO4S/c1-3-4-8-13(15(18)19)16-14(17)12-7-5-6-11(9-12)10-21(2)20/h5-7,9,13H,3-4,8,10H2,1-2H3,(H,16,17)(H,18,19). The highest BCUT2D eigenvalue weighted by Gasteiger charge is 2.20. The molecule has 6 heteroatoms. The van der Waals surface area contributed by atoms with Crippen molar-refractivity contribution in [3.63, 3.8) is 0 Å². The SMILES string of the molecule is CCCCC(NC(=O)c1cccc(CS(C)=O)c1)C(=O)O. The molecule has 116 valence electrons. The van der Waals surface area contributed by atoms with E-state index in [1.807, 2.05) is 6.92 Å². The zero-order valence-corrected chi connectivity index (χ0v) is 13.1. The molecule has 2 unspecified atom stereocenters. The molecule has 1 aromatic carbocycles. The summed E-state index contributed by atoms with van der Waals surface area (Å²) in [6, 6.07) is 5.90. The maximum atomic E-state index is 12.1. The van der Waals surface area contributed by atoms with Crippen LogP contribution in [-0.4, -0.2) is 33.5 Å². The van der Waals surface area contributed by atoms with Crippen molar-refractivity contribution in [2.24, 2.45) is 0 Å². The van der Waals surface area contributed by atoms with Gasteiger partial charge in [-0.15, -0.1) is 0 Å². The third kappa shape index (κ3) is 6.08. The number of carbonyl (C=O) groups is 2. The maximum absolute atomic E-state index is 12.1. The van der Waals surface area contributed by atoms with Crippen LogP contribution in [0.3, 0.4) is 0 Å². The minimum atomic E-state index is -1.03. The van der Waals surface area contributed by atoms with Gasteiger partial charge in [-0.1, -0.05) is 31.9 Å². The minimum absolute atomic E-state index is 0.374. The molecule has 1 rings (SSSR count). The number of carboxylic acids is 1. The Balaban J connectivity index is 2.77. The summed E-state index contributed by atoms with van der Waals surface area (Å²) in [5.74, 6) is -1.07. The molecule has 0 aromatic heterocycles. The lowest BCUT2D eigenvalue weighted by Crippen LogP contribution is -2.40. The molecule has 0 bridgehead atoms. The molecule has 0 heterocycles. The van der Waals surface area contributed by atoms with E-state index in [2.05, 4.69) is 5.32 Å². The van der Waals surface area contributed by atoms with E-state index in [1.165, 1.54) is 0 Å². The molecule has 21 heavy (non-hydrogen) atoms. The van der Waals surface area contributed by atoms with E-state index in [-0.39, 0.29) is 0 Å². The van der Waals surface area contributed by atoms with Crippen molar-refractivity contribution >= 4 is 22.7 Å². The number of unbranched alkanes of at least 4 members (excludes halogenated alkanes) is 1. The van der Waals surface area contributed by atoms with Crippen molar-refractivity contribution in [2.45, 2.75) is 38.0 Å². The number of amides is 1. The predicted molar refractivity (Wildman–Crippen MR) is 82.6 cm³/mol. The molecule has 2 atom stereocenters. The number of carboxylic acid groups (broad SMARTS) is 1. The number of rotatable bonds is 8. The number of aliphatic carboxylic acids is 1. The maximum Gasteiger partial charge on any atom is 0.326 e. The lowest BCUT2D eigenvalue weighted by molar-refractivity contribution is -0.139. The minimum Gasteiger partial charge on any atom is -0.480 e. The first-order chi connectivity index (χ1) is 9.93. The van der Waals surface area contributed by atoms with Crippen LogP contribution in [0.5, 0.6) is 0 Å². The Morgan fingerprint density at radius 3 is 2.67 bits per heavy atom. The number of hydrogen-bond acceptors (Lipinski definition) is 3.